The molecule has 0 unspecified atom stereocenters. The molecule has 0 aliphatic rings. The van der Waals surface area contributed by atoms with Crippen LogP contribution in [-0.2, 0) is 10.0 Å². The lowest BCUT2D eigenvalue weighted by atomic mass is 10.2. The zero-order chi connectivity index (χ0) is 18.6. The summed E-state index contributed by atoms with van der Waals surface area (Å²) in [5.41, 5.74) is 1.56. The molecular weight excluding hydrogens is 393 g/mol. The van der Waals surface area contributed by atoms with E-state index in [4.69, 9.17) is 23.4 Å². The zero-order valence-electron chi connectivity index (χ0n) is 13.8. The highest BCUT2D eigenvalue weighted by atomic mass is 35.5. The van der Waals surface area contributed by atoms with E-state index in [1.54, 1.807) is 53.1 Å². The molecule has 0 fully saturated rings. The lowest BCUT2D eigenvalue weighted by Crippen LogP contribution is -2.27. The van der Waals surface area contributed by atoms with Gasteiger partial charge in [0.25, 0.3) is 0 Å². The van der Waals surface area contributed by atoms with Gasteiger partial charge in [-0.05, 0) is 42.8 Å². The number of rotatable bonds is 7. The molecule has 5 nitrogen and oxygen atoms in total. The van der Waals surface area contributed by atoms with Crippen molar-refractivity contribution >= 4 is 50.0 Å². The molecule has 0 saturated carbocycles. The highest BCUT2D eigenvalue weighted by Gasteiger charge is 2.13. The van der Waals surface area contributed by atoms with Crippen molar-refractivity contribution < 1.29 is 8.42 Å². The van der Waals surface area contributed by atoms with Crippen LogP contribution in [-0.4, -0.2) is 26.5 Å². The molecule has 3 aromatic rings. The molecule has 1 aromatic heterocycles. The molecule has 0 atom stereocenters. The number of benzene rings is 2. The number of anilines is 1. The number of fused-ring (bicyclic) bond motifs is 1. The molecule has 0 spiro atoms. The van der Waals surface area contributed by atoms with Gasteiger partial charge in [0, 0.05) is 41.5 Å². The van der Waals surface area contributed by atoms with Crippen LogP contribution in [0.15, 0.2) is 65.7 Å². The van der Waals surface area contributed by atoms with E-state index in [1.165, 1.54) is 0 Å². The highest BCUT2D eigenvalue weighted by Crippen LogP contribution is 2.28. The van der Waals surface area contributed by atoms with Crippen molar-refractivity contribution in [2.24, 2.45) is 0 Å². The number of hydrogen-bond acceptors (Lipinski definition) is 4. The van der Waals surface area contributed by atoms with Crippen molar-refractivity contribution in [1.29, 1.82) is 0 Å². The van der Waals surface area contributed by atoms with Crippen molar-refractivity contribution in [3.8, 4) is 0 Å². The smallest absolute Gasteiger partial charge is 0.240 e. The third-order valence-corrected chi connectivity index (χ3v) is 5.88. The summed E-state index contributed by atoms with van der Waals surface area (Å²) in [7, 11) is -3.50. The highest BCUT2D eigenvalue weighted by molar-refractivity contribution is 7.89. The van der Waals surface area contributed by atoms with Crippen LogP contribution in [0.25, 0.3) is 10.9 Å². The first-order valence-electron chi connectivity index (χ1n) is 8.00. The Balaban J connectivity index is 1.61. The number of nitrogens with zero attached hydrogens (tertiary/aromatic N) is 2. The number of hydrogen-bond donors (Lipinski definition) is 1. The normalized spacial score (nSPS) is 11.6. The first-order chi connectivity index (χ1) is 12.5. The first-order valence-corrected chi connectivity index (χ1v) is 10.2. The lowest BCUT2D eigenvalue weighted by molar-refractivity contribution is 0.579. The van der Waals surface area contributed by atoms with Gasteiger partial charge < -0.3 is 0 Å². The molecule has 1 heterocycles. The van der Waals surface area contributed by atoms with E-state index < -0.39 is 10.0 Å². The van der Waals surface area contributed by atoms with E-state index in [9.17, 15) is 8.42 Å². The van der Waals surface area contributed by atoms with Crippen molar-refractivity contribution in [2.45, 2.75) is 11.3 Å². The van der Waals surface area contributed by atoms with Crippen LogP contribution in [0.5, 0.6) is 0 Å². The molecule has 0 amide bonds. The van der Waals surface area contributed by atoms with E-state index >= 15 is 0 Å². The second kappa shape index (κ2) is 8.22. The maximum Gasteiger partial charge on any atom is 0.240 e. The van der Waals surface area contributed by atoms with Crippen LogP contribution >= 0.6 is 23.4 Å². The Morgan fingerprint density at radius 3 is 2.62 bits per heavy atom. The summed E-state index contributed by atoms with van der Waals surface area (Å²) in [6.45, 7) is 0.760. The molecular formula is C18H17Cl2N3O2S. The maximum atomic E-state index is 12.2. The lowest BCUT2D eigenvalue weighted by Gasteiger charge is -2.18. The summed E-state index contributed by atoms with van der Waals surface area (Å²) in [5, 5.41) is 1.50. The van der Waals surface area contributed by atoms with Crippen molar-refractivity contribution in [3.05, 3.63) is 65.8 Å². The number of sulfonamides is 1. The predicted octanol–water partition coefficient (Wildman–Crippen LogP) is 4.22. The largest absolute Gasteiger partial charge is 0.285 e. The van der Waals surface area contributed by atoms with E-state index in [0.717, 1.165) is 16.6 Å². The van der Waals surface area contributed by atoms with Crippen LogP contribution in [0.2, 0.25) is 5.02 Å². The predicted molar refractivity (Wildman–Crippen MR) is 106 cm³/mol. The fraction of sp³-hybridized carbons (Fsp3) is 0.167. The Morgan fingerprint density at radius 1 is 1.08 bits per heavy atom. The average Bonchev–Trinajstić information content (AvgIpc) is 2.65. The summed E-state index contributed by atoms with van der Waals surface area (Å²) in [6, 6.07) is 15.5. The molecule has 8 heteroatoms. The van der Waals surface area contributed by atoms with Gasteiger partial charge >= 0.3 is 0 Å². The molecule has 0 bridgehead atoms. The fourth-order valence-electron chi connectivity index (χ4n) is 2.55. The first kappa shape index (κ1) is 18.9. The van der Waals surface area contributed by atoms with Gasteiger partial charge in [0.1, 0.15) is 0 Å². The Hall–Kier alpha value is -1.86. The third kappa shape index (κ3) is 4.45. The van der Waals surface area contributed by atoms with Crippen molar-refractivity contribution in [3.63, 3.8) is 0 Å². The summed E-state index contributed by atoms with van der Waals surface area (Å²) in [5.74, 6) is 0. The van der Waals surface area contributed by atoms with E-state index in [1.807, 2.05) is 12.1 Å². The Morgan fingerprint density at radius 2 is 1.85 bits per heavy atom. The average molecular weight is 410 g/mol. The summed E-state index contributed by atoms with van der Waals surface area (Å²) >= 11 is 12.4. The van der Waals surface area contributed by atoms with Crippen LogP contribution in [0.3, 0.4) is 0 Å². The minimum Gasteiger partial charge on any atom is -0.285 e. The molecule has 1 N–H and O–H groups in total. The molecule has 26 heavy (non-hydrogen) atoms. The molecule has 0 aliphatic carbocycles. The van der Waals surface area contributed by atoms with Gasteiger partial charge in [0.15, 0.2) is 0 Å². The second-order valence-corrected chi connectivity index (χ2v) is 8.25. The van der Waals surface area contributed by atoms with Gasteiger partial charge in [-0.3, -0.25) is 9.40 Å². The Bertz CT molecular complexity index is 998. The van der Waals surface area contributed by atoms with Gasteiger partial charge in [0.05, 0.1) is 16.1 Å². The molecule has 0 saturated heterocycles. The number of aromatic nitrogens is 1. The van der Waals surface area contributed by atoms with Gasteiger partial charge in [-0.2, -0.15) is 0 Å². The van der Waals surface area contributed by atoms with Crippen LogP contribution in [0, 0.1) is 0 Å². The number of nitrogens with one attached hydrogen (secondary N) is 1. The van der Waals surface area contributed by atoms with Crippen LogP contribution in [0.4, 0.5) is 5.69 Å². The zero-order valence-corrected chi connectivity index (χ0v) is 16.1. The fourth-order valence-corrected chi connectivity index (χ4v) is 4.07. The van der Waals surface area contributed by atoms with E-state index in [-0.39, 0.29) is 11.4 Å². The molecule has 136 valence electrons. The van der Waals surface area contributed by atoms with Gasteiger partial charge in [-0.15, -0.1) is 0 Å². The quantitative estimate of drug-likeness (QED) is 0.468. The minimum atomic E-state index is -3.50. The Kier molecular flexibility index (Phi) is 5.98. The second-order valence-electron chi connectivity index (χ2n) is 5.64. The Labute approximate surface area is 162 Å². The number of halogens is 2. The molecule has 3 rings (SSSR count). The molecule has 0 aliphatic heterocycles. The maximum absolute atomic E-state index is 12.2. The third-order valence-electron chi connectivity index (χ3n) is 3.82. The molecule has 2 aromatic carbocycles. The van der Waals surface area contributed by atoms with Crippen molar-refractivity contribution in [2.75, 3.05) is 17.5 Å². The monoisotopic (exact) mass is 409 g/mol. The topological polar surface area (TPSA) is 62.3 Å². The van der Waals surface area contributed by atoms with Gasteiger partial charge in [-0.25, -0.2) is 13.1 Å². The summed E-state index contributed by atoms with van der Waals surface area (Å²) in [4.78, 5) is 4.54. The van der Waals surface area contributed by atoms with Gasteiger partial charge in [0.2, 0.25) is 10.0 Å². The van der Waals surface area contributed by atoms with Crippen LogP contribution in [0.1, 0.15) is 6.42 Å². The van der Waals surface area contributed by atoms with Crippen molar-refractivity contribution in [1.82, 2.24) is 9.71 Å². The summed E-state index contributed by atoms with van der Waals surface area (Å²) in [6.07, 6.45) is 2.22. The van der Waals surface area contributed by atoms with Crippen LogP contribution < -0.4 is 9.14 Å². The molecule has 0 radical (unpaired) electrons. The van der Waals surface area contributed by atoms with E-state index in [2.05, 4.69) is 9.71 Å². The van der Waals surface area contributed by atoms with Gasteiger partial charge in [-0.1, -0.05) is 29.8 Å². The summed E-state index contributed by atoms with van der Waals surface area (Å²) < 4.78 is 28.5. The SMILES string of the molecule is O=S(=O)(NCCCN(Cl)c1ccnc2cc(Cl)ccc12)c1ccccc1. The van der Waals surface area contributed by atoms with E-state index in [0.29, 0.717) is 18.0 Å². The number of pyridine rings is 1. The minimum absolute atomic E-state index is 0.250. The standard InChI is InChI=1S/C18H17Cl2N3O2S/c19-14-7-8-16-17(13-14)21-11-9-18(16)23(20)12-4-10-22-26(24,25)15-5-2-1-3-6-15/h1-3,5-9,11,13,22H,4,10,12H2.